The lowest BCUT2D eigenvalue weighted by molar-refractivity contribution is -0.666. The zero-order chi connectivity index (χ0) is 21.8. The van der Waals surface area contributed by atoms with Gasteiger partial charge in [0, 0.05) is 32.6 Å². The van der Waals surface area contributed by atoms with Crippen LogP contribution in [0.3, 0.4) is 0 Å². The van der Waals surface area contributed by atoms with Gasteiger partial charge in [0.2, 0.25) is 11.4 Å². The maximum atomic E-state index is 8.61. The van der Waals surface area contributed by atoms with E-state index in [4.69, 9.17) is 13.7 Å². The fourth-order valence-corrected chi connectivity index (χ4v) is 3.81. The van der Waals surface area contributed by atoms with Gasteiger partial charge in [0.05, 0.1) is 12.1 Å². The second-order valence-corrected chi connectivity index (χ2v) is 7.63. The summed E-state index contributed by atoms with van der Waals surface area (Å²) in [5, 5.41) is 1.89. The molecule has 0 atom stereocenters. The number of pyridine rings is 1. The minimum absolute atomic E-state index is 0.151. The van der Waals surface area contributed by atoms with Crippen molar-refractivity contribution >= 4 is 27.6 Å². The van der Waals surface area contributed by atoms with Crippen LogP contribution in [0.25, 0.3) is 38.0 Å². The zero-order valence-corrected chi connectivity index (χ0v) is 16.9. The van der Waals surface area contributed by atoms with Gasteiger partial charge in [-0.1, -0.05) is 44.2 Å². The summed E-state index contributed by atoms with van der Waals surface area (Å²) in [5.74, 6) is -0.151. The van der Waals surface area contributed by atoms with Gasteiger partial charge < -0.3 is 4.42 Å². The van der Waals surface area contributed by atoms with E-state index in [9.17, 15) is 0 Å². The van der Waals surface area contributed by atoms with Gasteiger partial charge in [-0.05, 0) is 30.3 Å². The summed E-state index contributed by atoms with van der Waals surface area (Å²) in [6, 6.07) is 13.6. The fraction of sp³-hybridized carbons (Fsp3) is 0.280. The molecule has 3 heteroatoms. The highest BCUT2D eigenvalue weighted by Gasteiger charge is 2.23. The first-order chi connectivity index (χ1) is 14.2. The molecule has 0 fully saturated rings. The van der Waals surface area contributed by atoms with E-state index >= 15 is 0 Å². The Morgan fingerprint density at radius 1 is 1.11 bits per heavy atom. The standard InChI is InChI=1S/C25H25N2O/c1-15(2)12-18-13-17(4)27(6)22(14-18)23-16(3)10-11-20-19-8-7-9-21(26-5)24(19)28-25(20)23/h7-11,13-15H,12H2,1-4,6H3/q+1/i12D2. The van der Waals surface area contributed by atoms with Crippen molar-refractivity contribution in [3.05, 3.63) is 70.7 Å². The van der Waals surface area contributed by atoms with Crippen LogP contribution in [-0.4, -0.2) is 0 Å². The summed E-state index contributed by atoms with van der Waals surface area (Å²) in [4.78, 5) is 3.62. The van der Waals surface area contributed by atoms with Gasteiger partial charge in [-0.15, -0.1) is 0 Å². The zero-order valence-electron chi connectivity index (χ0n) is 18.9. The van der Waals surface area contributed by atoms with Gasteiger partial charge in [0.1, 0.15) is 18.2 Å². The molecule has 0 bridgehead atoms. The predicted octanol–water partition coefficient (Wildman–Crippen LogP) is 6.44. The van der Waals surface area contributed by atoms with E-state index in [0.29, 0.717) is 16.8 Å². The molecule has 28 heavy (non-hydrogen) atoms. The van der Waals surface area contributed by atoms with Crippen LogP contribution in [0, 0.1) is 26.3 Å². The van der Waals surface area contributed by atoms with E-state index in [1.54, 1.807) is 6.07 Å². The van der Waals surface area contributed by atoms with Crippen molar-refractivity contribution < 1.29 is 11.7 Å². The molecule has 2 heterocycles. The van der Waals surface area contributed by atoms with E-state index in [1.807, 2.05) is 65.1 Å². The predicted molar refractivity (Wildman–Crippen MR) is 115 cm³/mol. The minimum Gasteiger partial charge on any atom is -0.466 e. The van der Waals surface area contributed by atoms with Crippen LogP contribution in [-0.2, 0) is 13.4 Å². The Morgan fingerprint density at radius 2 is 1.86 bits per heavy atom. The normalized spacial score (nSPS) is 13.0. The van der Waals surface area contributed by atoms with Gasteiger partial charge in [0.15, 0.2) is 5.69 Å². The van der Waals surface area contributed by atoms with Crippen molar-refractivity contribution in [1.29, 1.82) is 0 Å². The highest BCUT2D eigenvalue weighted by molar-refractivity contribution is 6.12. The smallest absolute Gasteiger partial charge is 0.229 e. The van der Waals surface area contributed by atoms with Crippen molar-refractivity contribution in [3.8, 4) is 11.3 Å². The molecule has 0 saturated heterocycles. The Labute approximate surface area is 168 Å². The molecule has 2 aromatic heterocycles. The van der Waals surface area contributed by atoms with Crippen molar-refractivity contribution in [2.24, 2.45) is 13.0 Å². The molecule has 0 spiro atoms. The molecule has 0 aliphatic carbocycles. The number of hydrogen-bond acceptors (Lipinski definition) is 1. The van der Waals surface area contributed by atoms with Gasteiger partial charge >= 0.3 is 0 Å². The maximum Gasteiger partial charge on any atom is 0.229 e. The topological polar surface area (TPSA) is 21.4 Å². The molecule has 3 nitrogen and oxygen atoms in total. The monoisotopic (exact) mass is 371 g/mol. The molecule has 0 saturated carbocycles. The largest absolute Gasteiger partial charge is 0.466 e. The number of para-hydroxylation sites is 1. The Morgan fingerprint density at radius 3 is 2.57 bits per heavy atom. The first kappa shape index (κ1) is 15.9. The van der Waals surface area contributed by atoms with E-state index in [1.165, 1.54) is 0 Å². The maximum absolute atomic E-state index is 8.61. The Kier molecular flexibility index (Phi) is 3.86. The second-order valence-electron chi connectivity index (χ2n) is 7.63. The summed E-state index contributed by atoms with van der Waals surface area (Å²) in [7, 11) is 1.99. The summed E-state index contributed by atoms with van der Waals surface area (Å²) in [6.45, 7) is 15.3. The van der Waals surface area contributed by atoms with Crippen molar-refractivity contribution in [2.75, 3.05) is 0 Å². The number of aromatic nitrogens is 1. The van der Waals surface area contributed by atoms with Crippen molar-refractivity contribution in [1.82, 2.24) is 0 Å². The Bertz CT molecular complexity index is 1340. The number of benzene rings is 2. The molecular formula is C25H25N2O+. The second kappa shape index (κ2) is 6.80. The lowest BCUT2D eigenvalue weighted by Crippen LogP contribution is -2.35. The number of hydrogen-bond donors (Lipinski definition) is 0. The van der Waals surface area contributed by atoms with E-state index in [-0.39, 0.29) is 5.92 Å². The van der Waals surface area contributed by atoms with Crippen molar-refractivity contribution in [2.45, 2.75) is 34.1 Å². The number of furan rings is 1. The van der Waals surface area contributed by atoms with Crippen LogP contribution in [0.2, 0.25) is 0 Å². The number of aryl methyl sites for hydroxylation is 2. The molecule has 2 aromatic carbocycles. The molecule has 0 aliphatic heterocycles. The molecular weight excluding hydrogens is 344 g/mol. The number of fused-ring (bicyclic) bond motifs is 3. The molecule has 0 aliphatic rings. The third-order valence-electron chi connectivity index (χ3n) is 5.23. The lowest BCUT2D eigenvalue weighted by atomic mass is 9.96. The number of nitrogens with zero attached hydrogens (tertiary/aromatic N) is 2. The summed E-state index contributed by atoms with van der Waals surface area (Å²) < 4.78 is 25.6. The van der Waals surface area contributed by atoms with Crippen LogP contribution >= 0.6 is 0 Å². The summed E-state index contributed by atoms with van der Waals surface area (Å²) in [6.07, 6.45) is -1.44. The Hall–Kier alpha value is -3.12. The first-order valence-corrected chi connectivity index (χ1v) is 9.50. The molecule has 0 amide bonds. The average molecular weight is 372 g/mol. The van der Waals surface area contributed by atoms with E-state index < -0.39 is 6.37 Å². The molecule has 4 aromatic rings. The Balaban J connectivity index is 2.11. The molecule has 0 unspecified atom stereocenters. The van der Waals surface area contributed by atoms with Crippen LogP contribution < -0.4 is 4.57 Å². The molecule has 0 radical (unpaired) electrons. The van der Waals surface area contributed by atoms with Gasteiger partial charge in [-0.2, -0.15) is 4.57 Å². The third kappa shape index (κ3) is 2.86. The fourth-order valence-electron chi connectivity index (χ4n) is 3.81. The summed E-state index contributed by atoms with van der Waals surface area (Å²) >= 11 is 0. The average Bonchev–Trinajstić information content (AvgIpc) is 3.08. The van der Waals surface area contributed by atoms with Crippen molar-refractivity contribution in [3.63, 3.8) is 0 Å². The lowest BCUT2D eigenvalue weighted by Gasteiger charge is -2.11. The van der Waals surface area contributed by atoms with Crippen LogP contribution in [0.1, 0.15) is 33.4 Å². The van der Waals surface area contributed by atoms with E-state index in [0.717, 1.165) is 38.9 Å². The number of rotatable bonds is 3. The van der Waals surface area contributed by atoms with Gasteiger partial charge in [0.25, 0.3) is 0 Å². The SMILES string of the molecule is [2H]C([2H])(c1cc(C)[n+](C)c(-c2c(C)ccc3c2oc2c([N+]#[C-])cccc23)c1)C(C)C. The quantitative estimate of drug-likeness (QED) is 0.300. The van der Waals surface area contributed by atoms with Gasteiger partial charge in [-0.3, -0.25) is 0 Å². The molecule has 0 N–H and O–H groups in total. The highest BCUT2D eigenvalue weighted by Crippen LogP contribution is 2.40. The van der Waals surface area contributed by atoms with Crippen LogP contribution in [0.15, 0.2) is 46.9 Å². The minimum atomic E-state index is -1.44. The molecule has 4 rings (SSSR count). The first-order valence-electron chi connectivity index (χ1n) is 10.5. The third-order valence-corrected chi connectivity index (χ3v) is 5.23. The van der Waals surface area contributed by atoms with E-state index in [2.05, 4.69) is 15.5 Å². The van der Waals surface area contributed by atoms with Crippen LogP contribution in [0.4, 0.5) is 5.69 Å². The highest BCUT2D eigenvalue weighted by atomic mass is 16.3. The molecule has 140 valence electrons. The summed E-state index contributed by atoms with van der Waals surface area (Å²) in [5.41, 5.74) is 6.35. The van der Waals surface area contributed by atoms with Gasteiger partial charge in [-0.25, -0.2) is 4.85 Å². The van der Waals surface area contributed by atoms with Crippen LogP contribution in [0.5, 0.6) is 0 Å².